The van der Waals surface area contributed by atoms with Crippen LogP contribution in [0.25, 0.3) is 0 Å². The fourth-order valence-electron chi connectivity index (χ4n) is 2.06. The largest absolute Gasteiger partial charge is 0.380 e. The zero-order chi connectivity index (χ0) is 11.5. The van der Waals surface area contributed by atoms with Crippen LogP contribution in [0.3, 0.4) is 0 Å². The van der Waals surface area contributed by atoms with Crippen molar-refractivity contribution in [2.45, 2.75) is 38.8 Å². The highest BCUT2D eigenvalue weighted by atomic mass is 32.2. The van der Waals surface area contributed by atoms with Gasteiger partial charge in [-0.15, -0.1) is 0 Å². The van der Waals surface area contributed by atoms with E-state index in [1.54, 1.807) is 0 Å². The van der Waals surface area contributed by atoms with Crippen molar-refractivity contribution >= 4 is 9.84 Å². The molecule has 2 unspecified atom stereocenters. The third-order valence-electron chi connectivity index (χ3n) is 2.67. The maximum atomic E-state index is 11.4. The summed E-state index contributed by atoms with van der Waals surface area (Å²) in [7, 11) is -2.82. The van der Waals surface area contributed by atoms with Crippen molar-refractivity contribution in [3.63, 3.8) is 0 Å². The van der Waals surface area contributed by atoms with Crippen LogP contribution in [-0.2, 0) is 14.6 Å². The van der Waals surface area contributed by atoms with Gasteiger partial charge in [-0.1, -0.05) is 0 Å². The van der Waals surface area contributed by atoms with E-state index in [9.17, 15) is 8.42 Å². The van der Waals surface area contributed by atoms with Gasteiger partial charge < -0.3 is 10.1 Å². The van der Waals surface area contributed by atoms with Crippen LogP contribution in [0.2, 0.25) is 0 Å². The molecule has 1 aliphatic heterocycles. The molecule has 1 fully saturated rings. The van der Waals surface area contributed by atoms with Gasteiger partial charge in [0, 0.05) is 18.2 Å². The fraction of sp³-hybridized carbons (Fsp3) is 1.00. The fourth-order valence-corrected chi connectivity index (χ4v) is 4.16. The first-order valence-electron chi connectivity index (χ1n) is 5.43. The number of hydrogen-bond donors (Lipinski definition) is 1. The highest BCUT2D eigenvalue weighted by Crippen LogP contribution is 2.23. The molecule has 0 aromatic heterocycles. The molecule has 0 radical (unpaired) electrons. The molecule has 90 valence electrons. The highest BCUT2D eigenvalue weighted by Gasteiger charge is 2.38. The Morgan fingerprint density at radius 2 is 2.20 bits per heavy atom. The van der Waals surface area contributed by atoms with Gasteiger partial charge in [-0.05, 0) is 27.2 Å². The van der Waals surface area contributed by atoms with Crippen LogP contribution in [0.5, 0.6) is 0 Å². The first-order valence-corrected chi connectivity index (χ1v) is 7.25. The summed E-state index contributed by atoms with van der Waals surface area (Å²) in [5, 5.41) is 3.34. The molecule has 0 aromatic carbocycles. The summed E-state index contributed by atoms with van der Waals surface area (Å²) in [6, 6.07) is 0.197. The minimum absolute atomic E-state index is 0.197. The van der Waals surface area contributed by atoms with E-state index in [4.69, 9.17) is 4.74 Å². The molecule has 4 nitrogen and oxygen atoms in total. The zero-order valence-corrected chi connectivity index (χ0v) is 10.6. The Bertz CT molecular complexity index is 302. The van der Waals surface area contributed by atoms with Crippen molar-refractivity contribution in [1.82, 2.24) is 5.32 Å². The number of rotatable bonds is 5. The lowest BCUT2D eigenvalue weighted by Gasteiger charge is -2.28. The normalized spacial score (nSPS) is 31.7. The molecular weight excluding hydrogens is 214 g/mol. The van der Waals surface area contributed by atoms with Crippen LogP contribution in [0.15, 0.2) is 0 Å². The Hall–Kier alpha value is -0.130. The van der Waals surface area contributed by atoms with E-state index in [-0.39, 0.29) is 17.3 Å². The second kappa shape index (κ2) is 4.80. The molecule has 15 heavy (non-hydrogen) atoms. The molecule has 1 saturated heterocycles. The van der Waals surface area contributed by atoms with E-state index in [0.29, 0.717) is 25.4 Å². The van der Waals surface area contributed by atoms with Crippen molar-refractivity contribution in [3.8, 4) is 0 Å². The van der Waals surface area contributed by atoms with E-state index in [1.165, 1.54) is 0 Å². The smallest absolute Gasteiger partial charge is 0.152 e. The number of sulfone groups is 1. The summed E-state index contributed by atoms with van der Waals surface area (Å²) in [6.45, 7) is 7.27. The van der Waals surface area contributed by atoms with Crippen LogP contribution in [0, 0.1) is 0 Å². The van der Waals surface area contributed by atoms with E-state index in [0.717, 1.165) is 0 Å². The molecular formula is C10H21NO3S. The molecule has 0 aliphatic carbocycles. The lowest BCUT2D eigenvalue weighted by molar-refractivity contribution is 0.117. The van der Waals surface area contributed by atoms with Gasteiger partial charge >= 0.3 is 0 Å². The average Bonchev–Trinajstić information content (AvgIpc) is 2.37. The maximum Gasteiger partial charge on any atom is 0.152 e. The SMILES string of the molecule is CCOCC(C)NC1(C)CCS(=O)(=O)C1. The topological polar surface area (TPSA) is 55.4 Å². The van der Waals surface area contributed by atoms with Gasteiger partial charge in [-0.25, -0.2) is 8.42 Å². The van der Waals surface area contributed by atoms with E-state index in [1.807, 2.05) is 20.8 Å². The van der Waals surface area contributed by atoms with Gasteiger partial charge in [0.1, 0.15) is 0 Å². The molecule has 1 N–H and O–H groups in total. The Morgan fingerprint density at radius 3 is 2.67 bits per heavy atom. The van der Waals surface area contributed by atoms with E-state index >= 15 is 0 Å². The van der Waals surface area contributed by atoms with Crippen molar-refractivity contribution in [1.29, 1.82) is 0 Å². The standard InChI is InChI=1S/C10H21NO3S/c1-4-14-7-9(2)11-10(3)5-6-15(12,13)8-10/h9,11H,4-8H2,1-3H3. The van der Waals surface area contributed by atoms with Crippen LogP contribution in [-0.4, -0.2) is 44.7 Å². The maximum absolute atomic E-state index is 11.4. The molecule has 5 heteroatoms. The minimum atomic E-state index is -2.82. The summed E-state index contributed by atoms with van der Waals surface area (Å²) in [5.74, 6) is 0.550. The Kier molecular flexibility index (Phi) is 4.14. The third kappa shape index (κ3) is 4.09. The van der Waals surface area contributed by atoms with Crippen molar-refractivity contribution in [2.75, 3.05) is 24.7 Å². The number of nitrogens with one attached hydrogen (secondary N) is 1. The summed E-state index contributed by atoms with van der Waals surface area (Å²) in [6.07, 6.45) is 0.700. The minimum Gasteiger partial charge on any atom is -0.380 e. The molecule has 0 aromatic rings. The average molecular weight is 235 g/mol. The Morgan fingerprint density at radius 1 is 1.53 bits per heavy atom. The van der Waals surface area contributed by atoms with Gasteiger partial charge in [0.05, 0.1) is 18.1 Å². The quantitative estimate of drug-likeness (QED) is 0.757. The molecule has 0 spiro atoms. The second-order valence-corrected chi connectivity index (χ2v) is 6.79. The molecule has 1 rings (SSSR count). The third-order valence-corrected chi connectivity index (χ3v) is 4.57. The Labute approximate surface area is 92.3 Å². The van der Waals surface area contributed by atoms with Gasteiger partial charge in [0.25, 0.3) is 0 Å². The van der Waals surface area contributed by atoms with Gasteiger partial charge in [-0.3, -0.25) is 0 Å². The monoisotopic (exact) mass is 235 g/mol. The predicted octanol–water partition coefficient (Wildman–Crippen LogP) is 0.578. The van der Waals surface area contributed by atoms with E-state index in [2.05, 4.69) is 5.32 Å². The number of hydrogen-bond acceptors (Lipinski definition) is 4. The lowest BCUT2D eigenvalue weighted by atomic mass is 10.0. The van der Waals surface area contributed by atoms with Crippen LogP contribution in [0.4, 0.5) is 0 Å². The summed E-state index contributed by atoms with van der Waals surface area (Å²) >= 11 is 0. The first kappa shape index (κ1) is 12.9. The van der Waals surface area contributed by atoms with E-state index < -0.39 is 9.84 Å². The summed E-state index contributed by atoms with van der Waals surface area (Å²) < 4.78 is 28.0. The zero-order valence-electron chi connectivity index (χ0n) is 9.75. The lowest BCUT2D eigenvalue weighted by Crippen LogP contribution is -2.49. The molecule has 0 amide bonds. The number of ether oxygens (including phenoxy) is 1. The predicted molar refractivity (Wildman–Crippen MR) is 60.8 cm³/mol. The summed E-state index contributed by atoms with van der Waals surface area (Å²) in [5.41, 5.74) is -0.269. The first-order chi connectivity index (χ1) is 6.87. The van der Waals surface area contributed by atoms with Crippen LogP contribution >= 0.6 is 0 Å². The van der Waals surface area contributed by atoms with Crippen molar-refractivity contribution in [2.24, 2.45) is 0 Å². The van der Waals surface area contributed by atoms with Crippen molar-refractivity contribution in [3.05, 3.63) is 0 Å². The molecule has 0 bridgehead atoms. The molecule has 1 aliphatic rings. The molecule has 0 saturated carbocycles. The Balaban J connectivity index is 2.44. The highest BCUT2D eigenvalue weighted by molar-refractivity contribution is 7.91. The van der Waals surface area contributed by atoms with Crippen LogP contribution in [0.1, 0.15) is 27.2 Å². The van der Waals surface area contributed by atoms with Crippen molar-refractivity contribution < 1.29 is 13.2 Å². The van der Waals surface area contributed by atoms with Gasteiger partial charge in [0.2, 0.25) is 0 Å². The summed E-state index contributed by atoms with van der Waals surface area (Å²) in [4.78, 5) is 0. The van der Waals surface area contributed by atoms with Crippen LogP contribution < -0.4 is 5.32 Å². The van der Waals surface area contributed by atoms with Gasteiger partial charge in [0.15, 0.2) is 9.84 Å². The van der Waals surface area contributed by atoms with Gasteiger partial charge in [-0.2, -0.15) is 0 Å². The molecule has 1 heterocycles. The molecule has 2 atom stereocenters. The second-order valence-electron chi connectivity index (χ2n) is 4.61.